The molecule has 1 heterocycles. The van der Waals surface area contributed by atoms with E-state index in [1.807, 2.05) is 31.2 Å². The van der Waals surface area contributed by atoms with Crippen LogP contribution in [0.5, 0.6) is 0 Å². The fourth-order valence-electron chi connectivity index (χ4n) is 2.00. The second kappa shape index (κ2) is 6.35. The lowest BCUT2D eigenvalue weighted by Gasteiger charge is -2.10. The van der Waals surface area contributed by atoms with Crippen LogP contribution in [0.1, 0.15) is 5.56 Å². The molecule has 3 aromatic rings. The van der Waals surface area contributed by atoms with Gasteiger partial charge in [-0.05, 0) is 30.7 Å². The van der Waals surface area contributed by atoms with Crippen molar-refractivity contribution in [3.05, 3.63) is 65.9 Å². The van der Waals surface area contributed by atoms with Gasteiger partial charge in [-0.3, -0.25) is 0 Å². The summed E-state index contributed by atoms with van der Waals surface area (Å²) in [6.45, 7) is 1.95. The van der Waals surface area contributed by atoms with Gasteiger partial charge in [-0.2, -0.15) is 10.1 Å². The van der Waals surface area contributed by atoms with E-state index in [-0.39, 0.29) is 11.6 Å². The molecule has 0 atom stereocenters. The Balaban J connectivity index is 1.84. The highest BCUT2D eigenvalue weighted by Gasteiger charge is 2.10. The lowest BCUT2D eigenvalue weighted by molar-refractivity contribution is 0.590. The predicted octanol–water partition coefficient (Wildman–Crippen LogP) is 3.95. The van der Waals surface area contributed by atoms with Gasteiger partial charge in [-0.1, -0.05) is 24.3 Å². The largest absolute Gasteiger partial charge is 0.339 e. The van der Waals surface area contributed by atoms with E-state index in [9.17, 15) is 8.78 Å². The lowest BCUT2D eigenvalue weighted by Crippen LogP contribution is -2.05. The number of aryl methyl sites for hydroxylation is 1. The Morgan fingerprint density at radius 2 is 1.65 bits per heavy atom. The first-order valence-corrected chi connectivity index (χ1v) is 6.87. The third kappa shape index (κ3) is 3.39. The van der Waals surface area contributed by atoms with Crippen molar-refractivity contribution in [3.63, 3.8) is 0 Å². The number of nitrogens with zero attached hydrogens (tertiary/aromatic N) is 3. The molecule has 7 heteroatoms. The molecule has 0 spiro atoms. The van der Waals surface area contributed by atoms with E-state index < -0.39 is 11.6 Å². The summed E-state index contributed by atoms with van der Waals surface area (Å²) in [5, 5.41) is 13.1. The first kappa shape index (κ1) is 14.8. The molecule has 0 saturated heterocycles. The predicted molar refractivity (Wildman–Crippen MR) is 83.9 cm³/mol. The van der Waals surface area contributed by atoms with Gasteiger partial charge >= 0.3 is 0 Å². The van der Waals surface area contributed by atoms with Crippen molar-refractivity contribution in [1.82, 2.24) is 15.2 Å². The van der Waals surface area contributed by atoms with E-state index >= 15 is 0 Å². The number of rotatable bonds is 4. The van der Waals surface area contributed by atoms with Crippen LogP contribution in [-0.4, -0.2) is 15.2 Å². The average molecular weight is 313 g/mol. The highest BCUT2D eigenvalue weighted by Crippen LogP contribution is 2.22. The summed E-state index contributed by atoms with van der Waals surface area (Å²) in [6.07, 6.45) is 1.43. The van der Waals surface area contributed by atoms with E-state index in [0.29, 0.717) is 5.82 Å². The molecule has 0 radical (unpaired) electrons. The topological polar surface area (TPSA) is 62.7 Å². The van der Waals surface area contributed by atoms with Crippen LogP contribution in [0.25, 0.3) is 0 Å². The zero-order valence-corrected chi connectivity index (χ0v) is 12.2. The minimum Gasteiger partial charge on any atom is -0.339 e. The van der Waals surface area contributed by atoms with Crippen LogP contribution in [0, 0.1) is 18.6 Å². The second-order valence-corrected chi connectivity index (χ2v) is 4.83. The van der Waals surface area contributed by atoms with Gasteiger partial charge in [-0.25, -0.2) is 8.78 Å². The van der Waals surface area contributed by atoms with Gasteiger partial charge < -0.3 is 10.6 Å². The van der Waals surface area contributed by atoms with E-state index in [1.165, 1.54) is 12.3 Å². The summed E-state index contributed by atoms with van der Waals surface area (Å²) >= 11 is 0. The number of aromatic nitrogens is 3. The molecule has 0 amide bonds. The quantitative estimate of drug-likeness (QED) is 0.764. The van der Waals surface area contributed by atoms with Gasteiger partial charge in [0.2, 0.25) is 5.95 Å². The SMILES string of the molecule is Cc1ccccc1Nc1cnnc(Nc2c(F)cccc2F)n1. The van der Waals surface area contributed by atoms with Crippen LogP contribution in [0.4, 0.5) is 31.9 Å². The van der Waals surface area contributed by atoms with Gasteiger partial charge in [-0.15, -0.1) is 5.10 Å². The molecule has 0 bridgehead atoms. The molecule has 3 rings (SSSR count). The Morgan fingerprint density at radius 1 is 0.913 bits per heavy atom. The standard InChI is InChI=1S/C16H13F2N5/c1-10-5-2-3-8-13(10)20-14-9-19-23-16(21-14)22-15-11(17)6-4-7-12(15)18/h2-9H,1H3,(H2,20,21,22,23). The smallest absolute Gasteiger partial charge is 0.249 e. The van der Waals surface area contributed by atoms with Gasteiger partial charge in [0.25, 0.3) is 0 Å². The number of nitrogens with one attached hydrogen (secondary N) is 2. The van der Waals surface area contributed by atoms with Crippen molar-refractivity contribution in [2.75, 3.05) is 10.6 Å². The molecular weight excluding hydrogens is 300 g/mol. The summed E-state index contributed by atoms with van der Waals surface area (Å²) < 4.78 is 27.3. The fourth-order valence-corrected chi connectivity index (χ4v) is 2.00. The molecular formula is C16H13F2N5. The summed E-state index contributed by atoms with van der Waals surface area (Å²) in [5.74, 6) is -1.06. The zero-order chi connectivity index (χ0) is 16.2. The minimum absolute atomic E-state index is 0.00687. The molecule has 0 aliphatic rings. The van der Waals surface area contributed by atoms with Crippen molar-refractivity contribution in [2.24, 2.45) is 0 Å². The molecule has 0 fully saturated rings. The van der Waals surface area contributed by atoms with Crippen molar-refractivity contribution < 1.29 is 8.78 Å². The normalized spacial score (nSPS) is 10.4. The van der Waals surface area contributed by atoms with E-state index in [1.54, 1.807) is 0 Å². The van der Waals surface area contributed by atoms with Crippen molar-refractivity contribution in [1.29, 1.82) is 0 Å². The third-order valence-electron chi connectivity index (χ3n) is 3.17. The van der Waals surface area contributed by atoms with Crippen LogP contribution in [-0.2, 0) is 0 Å². The highest BCUT2D eigenvalue weighted by molar-refractivity contribution is 5.61. The van der Waals surface area contributed by atoms with Gasteiger partial charge in [0.05, 0.1) is 6.20 Å². The molecule has 2 N–H and O–H groups in total. The highest BCUT2D eigenvalue weighted by atomic mass is 19.1. The molecule has 1 aromatic heterocycles. The van der Waals surface area contributed by atoms with Crippen molar-refractivity contribution >= 4 is 23.1 Å². The molecule has 116 valence electrons. The Bertz CT molecular complexity index is 818. The Labute approximate surface area is 131 Å². The molecule has 0 saturated carbocycles. The van der Waals surface area contributed by atoms with E-state index in [4.69, 9.17) is 0 Å². The summed E-state index contributed by atoms with van der Waals surface area (Å²) in [5.41, 5.74) is 1.57. The number of anilines is 4. The van der Waals surface area contributed by atoms with Crippen LogP contribution in [0.15, 0.2) is 48.7 Å². The third-order valence-corrected chi connectivity index (χ3v) is 3.17. The number of hydrogen-bond acceptors (Lipinski definition) is 5. The van der Waals surface area contributed by atoms with Crippen LogP contribution >= 0.6 is 0 Å². The first-order valence-electron chi connectivity index (χ1n) is 6.87. The summed E-state index contributed by atoms with van der Waals surface area (Å²) in [7, 11) is 0. The van der Waals surface area contributed by atoms with Crippen molar-refractivity contribution in [2.45, 2.75) is 6.92 Å². The van der Waals surface area contributed by atoms with E-state index in [2.05, 4.69) is 25.8 Å². The first-order chi connectivity index (χ1) is 11.1. The average Bonchev–Trinajstić information content (AvgIpc) is 2.54. The van der Waals surface area contributed by atoms with Crippen LogP contribution < -0.4 is 10.6 Å². The van der Waals surface area contributed by atoms with E-state index in [0.717, 1.165) is 23.4 Å². The number of hydrogen-bond donors (Lipinski definition) is 2. The maximum Gasteiger partial charge on any atom is 0.249 e. The van der Waals surface area contributed by atoms with Crippen molar-refractivity contribution in [3.8, 4) is 0 Å². The number of halogens is 2. The number of benzene rings is 2. The molecule has 0 aliphatic heterocycles. The van der Waals surface area contributed by atoms with Crippen LogP contribution in [0.2, 0.25) is 0 Å². The Kier molecular flexibility index (Phi) is 4.09. The van der Waals surface area contributed by atoms with Crippen LogP contribution in [0.3, 0.4) is 0 Å². The Morgan fingerprint density at radius 3 is 2.39 bits per heavy atom. The minimum atomic E-state index is -0.731. The van der Waals surface area contributed by atoms with Gasteiger partial charge in [0, 0.05) is 5.69 Å². The maximum absolute atomic E-state index is 13.6. The monoisotopic (exact) mass is 313 g/mol. The Hall–Kier alpha value is -3.09. The summed E-state index contributed by atoms with van der Waals surface area (Å²) in [6, 6.07) is 11.2. The zero-order valence-electron chi connectivity index (χ0n) is 12.2. The lowest BCUT2D eigenvalue weighted by atomic mass is 10.2. The molecule has 2 aromatic carbocycles. The molecule has 5 nitrogen and oxygen atoms in total. The summed E-state index contributed by atoms with van der Waals surface area (Å²) in [4.78, 5) is 4.16. The van der Waals surface area contributed by atoms with Gasteiger partial charge in [0.15, 0.2) is 5.82 Å². The fraction of sp³-hybridized carbons (Fsp3) is 0.0625. The molecule has 0 aliphatic carbocycles. The second-order valence-electron chi connectivity index (χ2n) is 4.83. The van der Waals surface area contributed by atoms with Gasteiger partial charge in [0.1, 0.15) is 17.3 Å². The number of para-hydroxylation sites is 2. The molecule has 0 unspecified atom stereocenters. The maximum atomic E-state index is 13.6. The molecule has 23 heavy (non-hydrogen) atoms.